The Morgan fingerprint density at radius 1 is 1.29 bits per heavy atom. The summed E-state index contributed by atoms with van der Waals surface area (Å²) in [5.41, 5.74) is 11.6. The molecular formula is C26H37N5. The summed E-state index contributed by atoms with van der Waals surface area (Å²) in [6, 6.07) is 4.62. The van der Waals surface area contributed by atoms with Crippen molar-refractivity contribution in [2.45, 2.75) is 58.3 Å². The molecule has 0 radical (unpaired) electrons. The summed E-state index contributed by atoms with van der Waals surface area (Å²) >= 11 is 0. The van der Waals surface area contributed by atoms with E-state index >= 15 is 0 Å². The number of aryl methyl sites for hydroxylation is 1. The number of anilines is 1. The maximum absolute atomic E-state index is 6.02. The topological polar surface area (TPSA) is 66.2 Å². The SMILES string of the molecule is C=C(NC1CCC(C)=CC1C(=C)Nc1ccc(C)cn1)C1=CCC(N(C)C(C)N)C=C1. The van der Waals surface area contributed by atoms with E-state index in [9.17, 15) is 0 Å². The van der Waals surface area contributed by atoms with Gasteiger partial charge in [0.25, 0.3) is 0 Å². The number of aromatic nitrogens is 1. The largest absolute Gasteiger partial charge is 0.381 e. The molecule has 5 nitrogen and oxygen atoms in total. The Labute approximate surface area is 187 Å². The average Bonchev–Trinajstić information content (AvgIpc) is 2.76. The molecule has 0 saturated heterocycles. The highest BCUT2D eigenvalue weighted by Gasteiger charge is 2.27. The molecule has 4 unspecified atom stereocenters. The Morgan fingerprint density at radius 3 is 2.68 bits per heavy atom. The Bertz CT molecular complexity index is 891. The number of likely N-dealkylation sites (N-methyl/N-ethyl adjacent to an activating group) is 1. The van der Waals surface area contributed by atoms with Gasteiger partial charge in [0.05, 0.1) is 6.17 Å². The minimum atomic E-state index is 0.0329. The average molecular weight is 420 g/mol. The van der Waals surface area contributed by atoms with Crippen LogP contribution in [0, 0.1) is 12.8 Å². The van der Waals surface area contributed by atoms with Gasteiger partial charge >= 0.3 is 0 Å². The standard InChI is InChI=1S/C26H37N5/c1-17-7-13-25(24(15-17)20(4)30-26-14-8-18(2)16-28-26)29-19(3)22-9-11-23(12-10-22)31(6)21(5)27/h8-11,14-16,21,23-25,29H,3-4,7,12-13,27H2,1-2,5-6H3,(H,28,30). The van der Waals surface area contributed by atoms with Crippen LogP contribution in [0.5, 0.6) is 0 Å². The van der Waals surface area contributed by atoms with Crippen molar-refractivity contribution in [2.24, 2.45) is 11.7 Å². The van der Waals surface area contributed by atoms with Crippen LogP contribution < -0.4 is 16.4 Å². The van der Waals surface area contributed by atoms with Gasteiger partial charge in [0.15, 0.2) is 0 Å². The number of pyridine rings is 1. The molecule has 31 heavy (non-hydrogen) atoms. The highest BCUT2D eigenvalue weighted by Crippen LogP contribution is 2.30. The lowest BCUT2D eigenvalue weighted by Crippen LogP contribution is -2.43. The maximum atomic E-state index is 6.02. The fourth-order valence-corrected chi connectivity index (χ4v) is 4.11. The normalized spacial score (nSPS) is 24.3. The second-order valence-corrected chi connectivity index (χ2v) is 8.91. The zero-order valence-electron chi connectivity index (χ0n) is 19.4. The number of hydrogen-bond donors (Lipinski definition) is 3. The summed E-state index contributed by atoms with van der Waals surface area (Å²) in [4.78, 5) is 6.64. The van der Waals surface area contributed by atoms with Gasteiger partial charge in [-0.2, -0.15) is 0 Å². The zero-order valence-corrected chi connectivity index (χ0v) is 19.4. The summed E-state index contributed by atoms with van der Waals surface area (Å²) in [5, 5.41) is 7.09. The summed E-state index contributed by atoms with van der Waals surface area (Å²) < 4.78 is 0. The first-order valence-electron chi connectivity index (χ1n) is 11.1. The molecule has 3 rings (SSSR count). The monoisotopic (exact) mass is 419 g/mol. The van der Waals surface area contributed by atoms with Crippen molar-refractivity contribution in [3.63, 3.8) is 0 Å². The van der Waals surface area contributed by atoms with E-state index in [1.807, 2.05) is 26.1 Å². The number of hydrogen-bond acceptors (Lipinski definition) is 5. The number of nitrogens with two attached hydrogens (primary N) is 1. The number of nitrogens with zero attached hydrogens (tertiary/aromatic N) is 2. The van der Waals surface area contributed by atoms with Crippen molar-refractivity contribution >= 4 is 5.82 Å². The van der Waals surface area contributed by atoms with Crippen LogP contribution in [0.4, 0.5) is 5.82 Å². The van der Waals surface area contributed by atoms with Crippen LogP contribution in [0.1, 0.15) is 38.7 Å². The van der Waals surface area contributed by atoms with Crippen molar-refractivity contribution in [1.29, 1.82) is 0 Å². The van der Waals surface area contributed by atoms with Gasteiger partial charge in [-0.3, -0.25) is 4.90 Å². The van der Waals surface area contributed by atoms with Crippen LogP contribution in [-0.4, -0.2) is 35.2 Å². The molecule has 0 saturated carbocycles. The van der Waals surface area contributed by atoms with E-state index in [1.54, 1.807) is 0 Å². The van der Waals surface area contributed by atoms with Crippen molar-refractivity contribution in [1.82, 2.24) is 15.2 Å². The van der Waals surface area contributed by atoms with Gasteiger partial charge in [-0.15, -0.1) is 0 Å². The van der Waals surface area contributed by atoms with Crippen molar-refractivity contribution in [3.05, 3.63) is 83.9 Å². The van der Waals surface area contributed by atoms with Gasteiger partial charge in [0.2, 0.25) is 0 Å². The summed E-state index contributed by atoms with van der Waals surface area (Å²) in [6.07, 6.45) is 13.9. The molecule has 1 aromatic heterocycles. The third kappa shape index (κ3) is 5.96. The van der Waals surface area contributed by atoms with E-state index in [1.165, 1.54) is 5.57 Å². The van der Waals surface area contributed by atoms with Crippen LogP contribution in [0.25, 0.3) is 0 Å². The summed E-state index contributed by atoms with van der Waals surface area (Å²) in [5.74, 6) is 0.991. The predicted molar refractivity (Wildman–Crippen MR) is 131 cm³/mol. The minimum absolute atomic E-state index is 0.0329. The fraction of sp³-hybridized carbons (Fsp3) is 0.423. The van der Waals surface area contributed by atoms with Crippen LogP contribution in [0.2, 0.25) is 0 Å². The Hall–Kier alpha value is -2.63. The lowest BCUT2D eigenvalue weighted by atomic mass is 9.84. The Balaban J connectivity index is 1.65. The molecule has 0 amide bonds. The number of nitrogens with one attached hydrogen (secondary N) is 2. The molecule has 1 aromatic rings. The first kappa shape index (κ1) is 23.0. The molecule has 0 aliphatic heterocycles. The van der Waals surface area contributed by atoms with Crippen LogP contribution >= 0.6 is 0 Å². The van der Waals surface area contributed by atoms with E-state index < -0.39 is 0 Å². The number of allylic oxidation sites excluding steroid dienone is 2. The fourth-order valence-electron chi connectivity index (χ4n) is 4.11. The molecule has 2 aliphatic carbocycles. The first-order chi connectivity index (χ1) is 14.7. The predicted octanol–water partition coefficient (Wildman–Crippen LogP) is 4.64. The third-order valence-corrected chi connectivity index (χ3v) is 6.30. The van der Waals surface area contributed by atoms with Gasteiger partial charge in [0, 0.05) is 35.6 Å². The smallest absolute Gasteiger partial charge is 0.130 e. The van der Waals surface area contributed by atoms with E-state index in [4.69, 9.17) is 5.73 Å². The highest BCUT2D eigenvalue weighted by molar-refractivity contribution is 5.44. The molecule has 4 N–H and O–H groups in total. The molecule has 0 aromatic carbocycles. The lowest BCUT2D eigenvalue weighted by molar-refractivity contribution is 0.219. The van der Waals surface area contributed by atoms with Gasteiger partial charge in [-0.05, 0) is 64.3 Å². The maximum Gasteiger partial charge on any atom is 0.130 e. The molecular weight excluding hydrogens is 382 g/mol. The zero-order chi connectivity index (χ0) is 22.5. The molecule has 2 aliphatic rings. The number of rotatable bonds is 8. The minimum Gasteiger partial charge on any atom is -0.381 e. The van der Waals surface area contributed by atoms with E-state index in [0.717, 1.165) is 47.6 Å². The van der Waals surface area contributed by atoms with Gasteiger partial charge in [-0.1, -0.05) is 49.1 Å². The summed E-state index contributed by atoms with van der Waals surface area (Å²) in [6.45, 7) is 14.9. The quantitative estimate of drug-likeness (QED) is 0.423. The molecule has 0 bridgehead atoms. The highest BCUT2D eigenvalue weighted by atomic mass is 15.2. The molecule has 0 spiro atoms. The summed E-state index contributed by atoms with van der Waals surface area (Å²) in [7, 11) is 2.06. The van der Waals surface area contributed by atoms with Crippen LogP contribution in [0.15, 0.2) is 78.3 Å². The molecule has 1 heterocycles. The van der Waals surface area contributed by atoms with E-state index in [0.29, 0.717) is 6.04 Å². The van der Waals surface area contributed by atoms with Crippen molar-refractivity contribution in [3.8, 4) is 0 Å². The molecule has 5 heteroatoms. The first-order valence-corrected chi connectivity index (χ1v) is 11.1. The van der Waals surface area contributed by atoms with Gasteiger partial charge in [0.1, 0.15) is 5.82 Å². The second kappa shape index (κ2) is 10.1. The van der Waals surface area contributed by atoms with Crippen LogP contribution in [0.3, 0.4) is 0 Å². The Kier molecular flexibility index (Phi) is 7.52. The Morgan fingerprint density at radius 2 is 2.06 bits per heavy atom. The van der Waals surface area contributed by atoms with Gasteiger partial charge in [-0.25, -0.2) is 4.98 Å². The molecule has 166 valence electrons. The lowest BCUT2D eigenvalue weighted by Gasteiger charge is -2.34. The van der Waals surface area contributed by atoms with Crippen molar-refractivity contribution < 1.29 is 0 Å². The molecule has 4 atom stereocenters. The van der Waals surface area contributed by atoms with Gasteiger partial charge < -0.3 is 16.4 Å². The van der Waals surface area contributed by atoms with E-state index in [-0.39, 0.29) is 18.1 Å². The van der Waals surface area contributed by atoms with Crippen LogP contribution in [-0.2, 0) is 0 Å². The third-order valence-electron chi connectivity index (χ3n) is 6.30. The second-order valence-electron chi connectivity index (χ2n) is 8.91. The van der Waals surface area contributed by atoms with E-state index in [2.05, 4.69) is 78.0 Å². The molecule has 0 fully saturated rings. The van der Waals surface area contributed by atoms with Crippen molar-refractivity contribution in [2.75, 3.05) is 12.4 Å².